The number of carbonyl (C=O) groups is 3. The maximum absolute atomic E-state index is 11.9. The number of rotatable bonds is 1. The van der Waals surface area contributed by atoms with E-state index in [1.807, 2.05) is 0 Å². The van der Waals surface area contributed by atoms with E-state index < -0.39 is 11.8 Å². The molecular formula is C13H21N3O3. The molecule has 2 saturated heterocycles. The van der Waals surface area contributed by atoms with E-state index in [1.54, 1.807) is 0 Å². The quantitative estimate of drug-likeness (QED) is 0.636. The Bertz CT molecular complexity index is 358. The Morgan fingerprint density at radius 3 is 2.26 bits per heavy atom. The first-order valence-corrected chi connectivity index (χ1v) is 7.03. The van der Waals surface area contributed by atoms with Gasteiger partial charge in [0.05, 0.1) is 0 Å². The van der Waals surface area contributed by atoms with Crippen LogP contribution in [0.1, 0.15) is 32.1 Å². The van der Waals surface area contributed by atoms with E-state index in [-0.39, 0.29) is 11.8 Å². The minimum Gasteiger partial charge on any atom is -0.334 e. The molecule has 2 N–H and O–H groups in total. The van der Waals surface area contributed by atoms with E-state index in [9.17, 15) is 14.4 Å². The van der Waals surface area contributed by atoms with Crippen LogP contribution in [0.25, 0.3) is 0 Å². The Morgan fingerprint density at radius 2 is 1.63 bits per heavy atom. The summed E-state index contributed by atoms with van der Waals surface area (Å²) in [6.45, 7) is 2.81. The van der Waals surface area contributed by atoms with Gasteiger partial charge in [-0.2, -0.15) is 0 Å². The minimum atomic E-state index is -0.773. The number of carbonyl (C=O) groups excluding carboxylic acids is 3. The number of hydrogen-bond donors (Lipinski definition) is 2. The Hall–Kier alpha value is -1.43. The third-order valence-electron chi connectivity index (χ3n) is 3.78. The first-order valence-electron chi connectivity index (χ1n) is 7.03. The molecule has 0 bridgehead atoms. The van der Waals surface area contributed by atoms with Gasteiger partial charge in [0.15, 0.2) is 0 Å². The van der Waals surface area contributed by atoms with Crippen LogP contribution in [0.3, 0.4) is 0 Å². The lowest BCUT2D eigenvalue weighted by atomic mass is 9.97. The van der Waals surface area contributed by atoms with Gasteiger partial charge in [-0.3, -0.25) is 19.7 Å². The Morgan fingerprint density at radius 1 is 1.00 bits per heavy atom. The maximum Gasteiger partial charge on any atom is 0.316 e. The molecule has 0 aromatic heterocycles. The van der Waals surface area contributed by atoms with Crippen molar-refractivity contribution in [2.24, 2.45) is 5.92 Å². The largest absolute Gasteiger partial charge is 0.334 e. The molecule has 2 rings (SSSR count). The van der Waals surface area contributed by atoms with Crippen molar-refractivity contribution >= 4 is 17.7 Å². The lowest BCUT2D eigenvalue weighted by molar-refractivity contribution is -0.149. The van der Waals surface area contributed by atoms with E-state index in [0.29, 0.717) is 13.1 Å². The van der Waals surface area contributed by atoms with Crippen LogP contribution in [0.4, 0.5) is 0 Å². The van der Waals surface area contributed by atoms with Crippen molar-refractivity contribution in [2.75, 3.05) is 26.2 Å². The molecule has 2 aliphatic heterocycles. The molecule has 0 spiro atoms. The van der Waals surface area contributed by atoms with Gasteiger partial charge >= 0.3 is 11.8 Å². The fourth-order valence-electron chi connectivity index (χ4n) is 2.59. The first-order chi connectivity index (χ1) is 9.18. The molecule has 0 atom stereocenters. The molecule has 2 fully saturated rings. The van der Waals surface area contributed by atoms with E-state index in [0.717, 1.165) is 45.2 Å². The van der Waals surface area contributed by atoms with Crippen molar-refractivity contribution < 1.29 is 14.4 Å². The summed E-state index contributed by atoms with van der Waals surface area (Å²) in [5.74, 6) is -1.80. The molecule has 0 aromatic carbocycles. The van der Waals surface area contributed by atoms with Gasteiger partial charge in [0.1, 0.15) is 0 Å². The predicted molar refractivity (Wildman–Crippen MR) is 69.2 cm³/mol. The molecular weight excluding hydrogens is 246 g/mol. The van der Waals surface area contributed by atoms with Gasteiger partial charge in [0.2, 0.25) is 5.91 Å². The molecule has 2 aliphatic rings. The Labute approximate surface area is 112 Å². The van der Waals surface area contributed by atoms with Gasteiger partial charge in [-0.25, -0.2) is 0 Å². The zero-order valence-electron chi connectivity index (χ0n) is 11.1. The molecule has 3 amide bonds. The number of amides is 3. The molecule has 0 radical (unpaired) electrons. The number of nitrogens with one attached hydrogen (secondary N) is 2. The van der Waals surface area contributed by atoms with Crippen LogP contribution >= 0.6 is 0 Å². The zero-order chi connectivity index (χ0) is 13.7. The first kappa shape index (κ1) is 14.0. The standard InChI is InChI=1S/C13H21N3O3/c17-11(10-4-6-14-7-5-10)15-12(18)13(19)16-8-2-1-3-9-16/h10,14H,1-9H2,(H,15,17,18). The van der Waals surface area contributed by atoms with Crippen LogP contribution in [0, 0.1) is 5.92 Å². The number of nitrogens with zero attached hydrogens (tertiary/aromatic N) is 1. The highest BCUT2D eigenvalue weighted by Gasteiger charge is 2.28. The topological polar surface area (TPSA) is 78.5 Å². The second-order valence-electron chi connectivity index (χ2n) is 5.20. The average Bonchev–Trinajstić information content (AvgIpc) is 2.48. The van der Waals surface area contributed by atoms with Crippen molar-refractivity contribution in [1.29, 1.82) is 0 Å². The lowest BCUT2D eigenvalue weighted by Gasteiger charge is -2.26. The Kier molecular flexibility index (Phi) is 4.90. The minimum absolute atomic E-state index is 0.153. The number of likely N-dealkylation sites (tertiary alicyclic amines) is 1. The fraction of sp³-hybridized carbons (Fsp3) is 0.769. The molecule has 0 aliphatic carbocycles. The van der Waals surface area contributed by atoms with Crippen LogP contribution in [0.15, 0.2) is 0 Å². The third kappa shape index (κ3) is 3.76. The van der Waals surface area contributed by atoms with E-state index in [4.69, 9.17) is 0 Å². The van der Waals surface area contributed by atoms with Crippen molar-refractivity contribution in [3.63, 3.8) is 0 Å². The highest BCUT2D eigenvalue weighted by atomic mass is 16.2. The number of hydrogen-bond acceptors (Lipinski definition) is 4. The number of piperidine rings is 2. The SMILES string of the molecule is O=C(NC(=O)C1CCNCC1)C(=O)N1CCCCC1. The smallest absolute Gasteiger partial charge is 0.316 e. The molecule has 0 saturated carbocycles. The van der Waals surface area contributed by atoms with Crippen LogP contribution in [-0.4, -0.2) is 48.8 Å². The summed E-state index contributed by atoms with van der Waals surface area (Å²) < 4.78 is 0. The van der Waals surface area contributed by atoms with Gasteiger partial charge in [0, 0.05) is 19.0 Å². The lowest BCUT2D eigenvalue weighted by Crippen LogP contribution is -2.49. The summed E-state index contributed by atoms with van der Waals surface area (Å²) in [6, 6.07) is 0. The third-order valence-corrected chi connectivity index (χ3v) is 3.78. The van der Waals surface area contributed by atoms with Crippen molar-refractivity contribution in [1.82, 2.24) is 15.5 Å². The molecule has 0 aromatic rings. The van der Waals surface area contributed by atoms with Gasteiger partial charge in [-0.1, -0.05) is 0 Å². The normalized spacial score (nSPS) is 20.9. The van der Waals surface area contributed by atoms with Crippen LogP contribution in [-0.2, 0) is 14.4 Å². The molecule has 106 valence electrons. The second-order valence-corrected chi connectivity index (χ2v) is 5.20. The highest BCUT2D eigenvalue weighted by molar-refractivity contribution is 6.37. The molecule has 19 heavy (non-hydrogen) atoms. The van der Waals surface area contributed by atoms with Gasteiger partial charge in [0.25, 0.3) is 0 Å². The maximum atomic E-state index is 11.9. The average molecular weight is 267 g/mol. The Balaban J connectivity index is 1.82. The summed E-state index contributed by atoms with van der Waals surface area (Å²) >= 11 is 0. The van der Waals surface area contributed by atoms with Gasteiger partial charge in [-0.05, 0) is 45.2 Å². The van der Waals surface area contributed by atoms with E-state index in [1.165, 1.54) is 4.90 Å². The van der Waals surface area contributed by atoms with Crippen molar-refractivity contribution in [3.8, 4) is 0 Å². The van der Waals surface area contributed by atoms with Crippen LogP contribution in [0.2, 0.25) is 0 Å². The summed E-state index contributed by atoms with van der Waals surface area (Å²) in [5.41, 5.74) is 0. The number of imide groups is 1. The summed E-state index contributed by atoms with van der Waals surface area (Å²) in [4.78, 5) is 37.0. The highest BCUT2D eigenvalue weighted by Crippen LogP contribution is 2.12. The summed E-state index contributed by atoms with van der Waals surface area (Å²) in [7, 11) is 0. The summed E-state index contributed by atoms with van der Waals surface area (Å²) in [5, 5.41) is 5.41. The van der Waals surface area contributed by atoms with Crippen LogP contribution < -0.4 is 10.6 Å². The molecule has 2 heterocycles. The fourth-order valence-corrected chi connectivity index (χ4v) is 2.59. The van der Waals surface area contributed by atoms with Crippen LogP contribution in [0.5, 0.6) is 0 Å². The second kappa shape index (κ2) is 6.65. The van der Waals surface area contributed by atoms with Gasteiger partial charge in [-0.15, -0.1) is 0 Å². The molecule has 0 unspecified atom stereocenters. The zero-order valence-corrected chi connectivity index (χ0v) is 11.1. The predicted octanol–water partition coefficient (Wildman–Crippen LogP) is -0.359. The van der Waals surface area contributed by atoms with Crippen molar-refractivity contribution in [2.45, 2.75) is 32.1 Å². The summed E-state index contributed by atoms with van der Waals surface area (Å²) in [6.07, 6.45) is 4.40. The van der Waals surface area contributed by atoms with Crippen molar-refractivity contribution in [3.05, 3.63) is 0 Å². The van der Waals surface area contributed by atoms with E-state index >= 15 is 0 Å². The molecule has 6 nitrogen and oxygen atoms in total. The van der Waals surface area contributed by atoms with Gasteiger partial charge < -0.3 is 10.2 Å². The molecule has 6 heteroatoms. The van der Waals surface area contributed by atoms with E-state index in [2.05, 4.69) is 10.6 Å². The monoisotopic (exact) mass is 267 g/mol.